The highest BCUT2D eigenvalue weighted by Gasteiger charge is 2.26. The predicted octanol–water partition coefficient (Wildman–Crippen LogP) is 2.61. The van der Waals surface area contributed by atoms with Crippen LogP contribution in [-0.4, -0.2) is 63.6 Å². The summed E-state index contributed by atoms with van der Waals surface area (Å²) < 4.78 is 7.31. The minimum atomic E-state index is 0.0855. The highest BCUT2D eigenvalue weighted by Crippen LogP contribution is 2.32. The number of imidazole rings is 1. The number of carbonyl (C=O) groups is 1. The van der Waals surface area contributed by atoms with Gasteiger partial charge in [0.15, 0.2) is 5.78 Å². The minimum Gasteiger partial charge on any atom is -0.377 e. The smallest absolute Gasteiger partial charge is 0.158 e. The molecule has 0 saturated carbocycles. The largest absolute Gasteiger partial charge is 0.377 e. The Bertz CT molecular complexity index is 1040. The number of likely N-dealkylation sites (tertiary alicyclic amines) is 1. The molecule has 1 N–H and O–H groups in total. The third-order valence-electron chi connectivity index (χ3n) is 5.70. The van der Waals surface area contributed by atoms with E-state index in [0.717, 1.165) is 60.4 Å². The summed E-state index contributed by atoms with van der Waals surface area (Å²) in [6.45, 7) is 2.91. The molecule has 1 aliphatic rings. The van der Waals surface area contributed by atoms with Crippen LogP contribution in [0.1, 0.15) is 37.5 Å². The molecule has 0 amide bonds. The zero-order chi connectivity index (χ0) is 20.2. The van der Waals surface area contributed by atoms with Gasteiger partial charge in [-0.15, -0.1) is 0 Å². The van der Waals surface area contributed by atoms with Crippen molar-refractivity contribution in [2.45, 2.75) is 38.1 Å². The number of ketones is 1. The van der Waals surface area contributed by atoms with E-state index in [0.29, 0.717) is 25.3 Å². The number of Topliss-reactive ketones (excluding diaryl/α,β-unsaturated/α-hetero) is 1. The van der Waals surface area contributed by atoms with Crippen molar-refractivity contribution in [1.82, 2.24) is 24.4 Å². The van der Waals surface area contributed by atoms with Crippen LogP contribution in [0.3, 0.4) is 0 Å². The summed E-state index contributed by atoms with van der Waals surface area (Å²) in [7, 11) is 1.54. The number of nitrogens with zero attached hydrogens (tertiary/aromatic N) is 5. The van der Waals surface area contributed by atoms with E-state index in [-0.39, 0.29) is 12.4 Å². The number of hydrogen-bond acceptors (Lipinski definition) is 6. The fraction of sp³-hybridized carbons (Fsp3) is 0.524. The van der Waals surface area contributed by atoms with E-state index >= 15 is 0 Å². The number of fused-ring (bicyclic) bond motifs is 3. The summed E-state index contributed by atoms with van der Waals surface area (Å²) in [6, 6.07) is 4.60. The van der Waals surface area contributed by atoms with Crippen LogP contribution in [0.2, 0.25) is 0 Å². The van der Waals surface area contributed by atoms with Crippen LogP contribution in [0.15, 0.2) is 18.5 Å². The maximum absolute atomic E-state index is 12.0. The van der Waals surface area contributed by atoms with Crippen molar-refractivity contribution in [2.24, 2.45) is 0 Å². The average molecular weight is 394 g/mol. The molecule has 4 rings (SSSR count). The van der Waals surface area contributed by atoms with Crippen LogP contribution < -0.4 is 0 Å². The summed E-state index contributed by atoms with van der Waals surface area (Å²) in [5, 5.41) is 9.91. The Labute approximate surface area is 169 Å². The topological polar surface area (TPSA) is 99.8 Å². The number of nitrogens with one attached hydrogen (secondary N) is 1. The van der Waals surface area contributed by atoms with E-state index in [1.54, 1.807) is 7.11 Å². The SMILES string of the molecule is COCC(=O)CCc1nc2cnc3[nH]ccc3c2n1C1CCN(CCC#N)CC1. The molecular weight excluding hydrogens is 368 g/mol. The molecule has 0 aromatic carbocycles. The van der Waals surface area contributed by atoms with Crippen molar-refractivity contribution in [1.29, 1.82) is 5.26 Å². The Balaban J connectivity index is 1.66. The van der Waals surface area contributed by atoms with E-state index in [1.807, 2.05) is 18.5 Å². The van der Waals surface area contributed by atoms with Crippen LogP contribution in [0.5, 0.6) is 0 Å². The predicted molar refractivity (Wildman–Crippen MR) is 110 cm³/mol. The molecule has 4 heterocycles. The quantitative estimate of drug-likeness (QED) is 0.630. The lowest BCUT2D eigenvalue weighted by molar-refractivity contribution is -0.122. The molecular formula is C21H26N6O2. The van der Waals surface area contributed by atoms with Crippen molar-refractivity contribution >= 4 is 27.9 Å². The number of aryl methyl sites for hydroxylation is 1. The Kier molecular flexibility index (Phi) is 5.88. The van der Waals surface area contributed by atoms with Crippen LogP contribution in [-0.2, 0) is 16.0 Å². The van der Waals surface area contributed by atoms with Crippen molar-refractivity contribution < 1.29 is 9.53 Å². The van der Waals surface area contributed by atoms with Gasteiger partial charge < -0.3 is 19.2 Å². The molecule has 0 unspecified atom stereocenters. The van der Waals surface area contributed by atoms with Crippen molar-refractivity contribution in [3.63, 3.8) is 0 Å². The number of rotatable bonds is 8. The second-order valence-electron chi connectivity index (χ2n) is 7.58. The van der Waals surface area contributed by atoms with Gasteiger partial charge in [0.2, 0.25) is 0 Å². The number of piperidine rings is 1. The summed E-state index contributed by atoms with van der Waals surface area (Å²) in [5.41, 5.74) is 2.83. The number of methoxy groups -OCH3 is 1. The molecule has 152 valence electrons. The number of ether oxygens (including phenoxy) is 1. The molecule has 0 radical (unpaired) electrons. The summed E-state index contributed by atoms with van der Waals surface area (Å²) in [4.78, 5) is 26.9. The van der Waals surface area contributed by atoms with Gasteiger partial charge in [0, 0.05) is 63.6 Å². The first kappa shape index (κ1) is 19.6. The summed E-state index contributed by atoms with van der Waals surface area (Å²) >= 11 is 0. The molecule has 1 saturated heterocycles. The highest BCUT2D eigenvalue weighted by molar-refractivity contribution is 6.01. The first-order valence-corrected chi connectivity index (χ1v) is 10.1. The minimum absolute atomic E-state index is 0.0855. The van der Waals surface area contributed by atoms with Gasteiger partial charge >= 0.3 is 0 Å². The van der Waals surface area contributed by atoms with Gasteiger partial charge in [0.05, 0.1) is 17.8 Å². The second kappa shape index (κ2) is 8.72. The number of aromatic nitrogens is 4. The lowest BCUT2D eigenvalue weighted by atomic mass is 10.0. The van der Waals surface area contributed by atoms with Gasteiger partial charge in [-0.25, -0.2) is 9.97 Å². The van der Waals surface area contributed by atoms with Gasteiger partial charge in [0.25, 0.3) is 0 Å². The number of H-pyrrole nitrogens is 1. The first-order chi connectivity index (χ1) is 14.2. The fourth-order valence-electron chi connectivity index (χ4n) is 4.30. The number of carbonyl (C=O) groups excluding carboxylic acids is 1. The third kappa shape index (κ3) is 4.02. The number of nitriles is 1. The third-order valence-corrected chi connectivity index (χ3v) is 5.70. The summed E-state index contributed by atoms with van der Waals surface area (Å²) in [6.07, 6.45) is 7.31. The van der Waals surface area contributed by atoms with Gasteiger partial charge in [-0.1, -0.05) is 0 Å². The standard InChI is InChI=1S/C21H26N6O2/c1-29-14-16(28)3-4-19-25-18-13-24-21-17(5-9-23-21)20(18)27(19)15-6-11-26(12-7-15)10-2-8-22/h5,9,13,15H,2-4,6-7,10-12,14H2,1H3,(H,23,24). The average Bonchev–Trinajstić information content (AvgIpc) is 3.35. The van der Waals surface area contributed by atoms with Crippen molar-refractivity contribution in [3.05, 3.63) is 24.3 Å². The Morgan fingerprint density at radius 1 is 1.41 bits per heavy atom. The van der Waals surface area contributed by atoms with E-state index in [1.165, 1.54) is 0 Å². The highest BCUT2D eigenvalue weighted by atomic mass is 16.5. The van der Waals surface area contributed by atoms with Gasteiger partial charge in [0.1, 0.15) is 23.6 Å². The Morgan fingerprint density at radius 2 is 2.24 bits per heavy atom. The first-order valence-electron chi connectivity index (χ1n) is 10.1. The molecule has 0 atom stereocenters. The van der Waals surface area contributed by atoms with Crippen molar-refractivity contribution in [3.8, 4) is 6.07 Å². The second-order valence-corrected chi connectivity index (χ2v) is 7.58. The Morgan fingerprint density at radius 3 is 3.00 bits per heavy atom. The van der Waals surface area contributed by atoms with Crippen LogP contribution in [0.4, 0.5) is 0 Å². The molecule has 0 aliphatic carbocycles. The van der Waals surface area contributed by atoms with E-state index in [9.17, 15) is 4.79 Å². The monoisotopic (exact) mass is 394 g/mol. The fourth-order valence-corrected chi connectivity index (χ4v) is 4.30. The van der Waals surface area contributed by atoms with Crippen LogP contribution in [0, 0.1) is 11.3 Å². The van der Waals surface area contributed by atoms with E-state index in [2.05, 4.69) is 25.5 Å². The van der Waals surface area contributed by atoms with Gasteiger partial charge in [-0.3, -0.25) is 4.79 Å². The molecule has 0 bridgehead atoms. The van der Waals surface area contributed by atoms with E-state index in [4.69, 9.17) is 15.0 Å². The van der Waals surface area contributed by atoms with E-state index < -0.39 is 0 Å². The molecule has 0 spiro atoms. The molecule has 1 aliphatic heterocycles. The zero-order valence-electron chi connectivity index (χ0n) is 16.7. The lowest BCUT2D eigenvalue weighted by Gasteiger charge is -2.33. The van der Waals surface area contributed by atoms with Gasteiger partial charge in [-0.2, -0.15) is 5.26 Å². The van der Waals surface area contributed by atoms with Crippen molar-refractivity contribution in [2.75, 3.05) is 33.4 Å². The molecule has 3 aromatic rings. The van der Waals surface area contributed by atoms with Crippen LogP contribution >= 0.6 is 0 Å². The molecule has 8 nitrogen and oxygen atoms in total. The molecule has 3 aromatic heterocycles. The van der Waals surface area contributed by atoms with Gasteiger partial charge in [-0.05, 0) is 18.9 Å². The maximum Gasteiger partial charge on any atom is 0.158 e. The zero-order valence-corrected chi connectivity index (χ0v) is 16.7. The number of aromatic amines is 1. The normalized spacial score (nSPS) is 15.9. The van der Waals surface area contributed by atoms with Crippen LogP contribution in [0.25, 0.3) is 22.1 Å². The number of hydrogen-bond donors (Lipinski definition) is 1. The number of pyridine rings is 1. The maximum atomic E-state index is 12.0. The Hall–Kier alpha value is -2.76. The molecule has 8 heteroatoms. The molecule has 29 heavy (non-hydrogen) atoms. The lowest BCUT2D eigenvalue weighted by Crippen LogP contribution is -2.35. The molecule has 1 fully saturated rings. The summed E-state index contributed by atoms with van der Waals surface area (Å²) in [5.74, 6) is 1.03.